The van der Waals surface area contributed by atoms with Crippen LogP contribution in [0.3, 0.4) is 0 Å². The van der Waals surface area contributed by atoms with Crippen molar-refractivity contribution in [2.75, 3.05) is 39.5 Å². The first-order valence-electron chi connectivity index (χ1n) is 8.36. The van der Waals surface area contributed by atoms with Gasteiger partial charge in [0, 0.05) is 18.6 Å². The molecule has 0 aromatic carbocycles. The van der Waals surface area contributed by atoms with E-state index in [1.165, 1.54) is 32.1 Å². The Balaban J connectivity index is 2.56. The predicted molar refractivity (Wildman–Crippen MR) is 83.8 cm³/mol. The van der Waals surface area contributed by atoms with Crippen LogP contribution >= 0.6 is 0 Å². The third kappa shape index (κ3) is 4.99. The number of aliphatic hydroxyl groups excluding tert-OH is 1. The summed E-state index contributed by atoms with van der Waals surface area (Å²) >= 11 is 0. The summed E-state index contributed by atoms with van der Waals surface area (Å²) in [6.45, 7) is 8.54. The largest absolute Gasteiger partial charge is 0.394 e. The van der Waals surface area contributed by atoms with Gasteiger partial charge in [-0.3, -0.25) is 4.90 Å². The number of ether oxygens (including phenoxy) is 1. The minimum absolute atomic E-state index is 0.105. The molecule has 0 aromatic heterocycles. The molecule has 0 spiro atoms. The van der Waals surface area contributed by atoms with Crippen LogP contribution in [0.5, 0.6) is 0 Å². The van der Waals surface area contributed by atoms with E-state index in [2.05, 4.69) is 18.7 Å². The van der Waals surface area contributed by atoms with Gasteiger partial charge in [0.25, 0.3) is 0 Å². The second-order valence-corrected chi connectivity index (χ2v) is 6.10. The Bertz CT molecular complexity index is 241. The maximum Gasteiger partial charge on any atom is 0.0698 e. The van der Waals surface area contributed by atoms with Crippen LogP contribution in [0.25, 0.3) is 0 Å². The van der Waals surface area contributed by atoms with Crippen LogP contribution in [0.4, 0.5) is 0 Å². The lowest BCUT2D eigenvalue weighted by Crippen LogP contribution is -2.56. The van der Waals surface area contributed by atoms with E-state index in [1.54, 1.807) is 0 Å². The first kappa shape index (κ1) is 17.9. The molecule has 0 saturated heterocycles. The molecule has 1 aliphatic rings. The number of aliphatic hydroxyl groups is 1. The van der Waals surface area contributed by atoms with Crippen LogP contribution in [0.15, 0.2) is 0 Å². The molecule has 0 unspecified atom stereocenters. The van der Waals surface area contributed by atoms with Gasteiger partial charge < -0.3 is 15.6 Å². The number of hydrogen-bond donors (Lipinski definition) is 2. The van der Waals surface area contributed by atoms with E-state index in [9.17, 15) is 0 Å². The SMILES string of the molecule is CCCN(CCOCCO)C1(CN)CCC(CC)CC1. The smallest absolute Gasteiger partial charge is 0.0698 e. The highest BCUT2D eigenvalue weighted by Crippen LogP contribution is 2.37. The second-order valence-electron chi connectivity index (χ2n) is 6.10. The van der Waals surface area contributed by atoms with Crippen LogP contribution < -0.4 is 5.73 Å². The van der Waals surface area contributed by atoms with Crippen molar-refractivity contribution in [3.8, 4) is 0 Å². The lowest BCUT2D eigenvalue weighted by Gasteiger charge is -2.47. The van der Waals surface area contributed by atoms with E-state index >= 15 is 0 Å². The van der Waals surface area contributed by atoms with Crippen LogP contribution in [0.2, 0.25) is 0 Å². The molecule has 0 aromatic rings. The van der Waals surface area contributed by atoms with Crippen molar-refractivity contribution in [1.29, 1.82) is 0 Å². The topological polar surface area (TPSA) is 58.7 Å². The fourth-order valence-electron chi connectivity index (χ4n) is 3.47. The Morgan fingerprint density at radius 3 is 2.40 bits per heavy atom. The molecule has 0 heterocycles. The van der Waals surface area contributed by atoms with E-state index in [4.69, 9.17) is 15.6 Å². The molecule has 1 rings (SSSR count). The van der Waals surface area contributed by atoms with Crippen LogP contribution in [-0.4, -0.2) is 55.0 Å². The van der Waals surface area contributed by atoms with Gasteiger partial charge in [-0.25, -0.2) is 0 Å². The standard InChI is InChI=1S/C16H34N2O2/c1-3-9-18(10-12-20-13-11-19)16(14-17)7-5-15(4-2)6-8-16/h15,19H,3-14,17H2,1-2H3. The molecule has 0 amide bonds. The quantitative estimate of drug-likeness (QED) is 0.603. The van der Waals surface area contributed by atoms with Gasteiger partial charge in [0.1, 0.15) is 0 Å². The number of hydrogen-bond acceptors (Lipinski definition) is 4. The van der Waals surface area contributed by atoms with E-state index in [1.807, 2.05) is 0 Å². The Labute approximate surface area is 124 Å². The van der Waals surface area contributed by atoms with Crippen molar-refractivity contribution in [2.24, 2.45) is 11.7 Å². The average molecular weight is 286 g/mol. The Kier molecular flexibility index (Phi) is 8.69. The van der Waals surface area contributed by atoms with Gasteiger partial charge in [-0.2, -0.15) is 0 Å². The number of nitrogens with two attached hydrogens (primary N) is 1. The van der Waals surface area contributed by atoms with Crippen molar-refractivity contribution in [3.63, 3.8) is 0 Å². The van der Waals surface area contributed by atoms with Crippen molar-refractivity contribution >= 4 is 0 Å². The average Bonchev–Trinajstić information content (AvgIpc) is 2.50. The van der Waals surface area contributed by atoms with Crippen molar-refractivity contribution in [2.45, 2.75) is 57.9 Å². The van der Waals surface area contributed by atoms with Gasteiger partial charge in [-0.15, -0.1) is 0 Å². The lowest BCUT2D eigenvalue weighted by molar-refractivity contribution is 0.00806. The Hall–Kier alpha value is -0.160. The normalized spacial score (nSPS) is 27.1. The molecule has 0 bridgehead atoms. The Morgan fingerprint density at radius 2 is 1.90 bits per heavy atom. The van der Waals surface area contributed by atoms with E-state index in [0.717, 1.165) is 32.0 Å². The van der Waals surface area contributed by atoms with Crippen LogP contribution in [-0.2, 0) is 4.74 Å². The highest BCUT2D eigenvalue weighted by Gasteiger charge is 2.38. The molecular weight excluding hydrogens is 252 g/mol. The fourth-order valence-corrected chi connectivity index (χ4v) is 3.47. The van der Waals surface area contributed by atoms with E-state index in [0.29, 0.717) is 13.2 Å². The molecule has 0 atom stereocenters. The molecule has 1 fully saturated rings. The molecule has 4 heteroatoms. The minimum Gasteiger partial charge on any atom is -0.394 e. The molecule has 1 saturated carbocycles. The van der Waals surface area contributed by atoms with E-state index < -0.39 is 0 Å². The van der Waals surface area contributed by atoms with Crippen LogP contribution in [0.1, 0.15) is 52.4 Å². The zero-order valence-corrected chi connectivity index (χ0v) is 13.4. The van der Waals surface area contributed by atoms with Gasteiger partial charge in [-0.05, 0) is 44.6 Å². The molecular formula is C16H34N2O2. The second kappa shape index (κ2) is 9.72. The molecule has 20 heavy (non-hydrogen) atoms. The number of rotatable bonds is 10. The predicted octanol–water partition coefficient (Wildman–Crippen LogP) is 2.00. The molecule has 0 radical (unpaired) electrons. The summed E-state index contributed by atoms with van der Waals surface area (Å²) in [6, 6.07) is 0. The zero-order valence-electron chi connectivity index (χ0n) is 13.4. The van der Waals surface area contributed by atoms with Crippen molar-refractivity contribution < 1.29 is 9.84 Å². The van der Waals surface area contributed by atoms with Gasteiger partial charge in [0.2, 0.25) is 0 Å². The molecule has 3 N–H and O–H groups in total. The van der Waals surface area contributed by atoms with Crippen LogP contribution in [0, 0.1) is 5.92 Å². The summed E-state index contributed by atoms with van der Waals surface area (Å²) in [5, 5.41) is 8.78. The number of nitrogens with zero attached hydrogens (tertiary/aromatic N) is 1. The summed E-state index contributed by atoms with van der Waals surface area (Å²) in [5.74, 6) is 0.892. The highest BCUT2D eigenvalue weighted by molar-refractivity contribution is 4.95. The van der Waals surface area contributed by atoms with Crippen molar-refractivity contribution in [3.05, 3.63) is 0 Å². The third-order valence-electron chi connectivity index (χ3n) is 4.90. The van der Waals surface area contributed by atoms with Gasteiger partial charge >= 0.3 is 0 Å². The summed E-state index contributed by atoms with van der Waals surface area (Å²) in [4.78, 5) is 2.55. The zero-order chi connectivity index (χ0) is 14.8. The van der Waals surface area contributed by atoms with Gasteiger partial charge in [0.15, 0.2) is 0 Å². The first-order valence-corrected chi connectivity index (χ1v) is 8.36. The monoisotopic (exact) mass is 286 g/mol. The summed E-state index contributed by atoms with van der Waals surface area (Å²) in [6.07, 6.45) is 7.52. The van der Waals surface area contributed by atoms with Crippen molar-refractivity contribution in [1.82, 2.24) is 4.90 Å². The van der Waals surface area contributed by atoms with E-state index in [-0.39, 0.29) is 12.1 Å². The maximum atomic E-state index is 8.78. The third-order valence-corrected chi connectivity index (χ3v) is 4.90. The summed E-state index contributed by atoms with van der Waals surface area (Å²) in [5.41, 5.74) is 6.35. The summed E-state index contributed by atoms with van der Waals surface area (Å²) in [7, 11) is 0. The first-order chi connectivity index (χ1) is 9.72. The lowest BCUT2D eigenvalue weighted by atomic mass is 9.74. The highest BCUT2D eigenvalue weighted by atomic mass is 16.5. The minimum atomic E-state index is 0.105. The molecule has 120 valence electrons. The maximum absolute atomic E-state index is 8.78. The molecule has 1 aliphatic carbocycles. The summed E-state index contributed by atoms with van der Waals surface area (Å²) < 4.78 is 5.45. The fraction of sp³-hybridized carbons (Fsp3) is 1.00. The Morgan fingerprint density at radius 1 is 1.20 bits per heavy atom. The van der Waals surface area contributed by atoms with Gasteiger partial charge in [0.05, 0.1) is 19.8 Å². The molecule has 0 aliphatic heterocycles. The molecule has 4 nitrogen and oxygen atoms in total. The van der Waals surface area contributed by atoms with Gasteiger partial charge in [-0.1, -0.05) is 20.3 Å².